The summed E-state index contributed by atoms with van der Waals surface area (Å²) in [6.45, 7) is 2.06. The van der Waals surface area contributed by atoms with E-state index in [0.29, 0.717) is 23.7 Å². The van der Waals surface area contributed by atoms with E-state index in [2.05, 4.69) is 10.4 Å². The number of hydrogen-bond donors (Lipinski definition) is 2. The highest BCUT2D eigenvalue weighted by atomic mass is 16.5. The summed E-state index contributed by atoms with van der Waals surface area (Å²) in [6.07, 6.45) is 1.43. The Balaban J connectivity index is 2.94. The van der Waals surface area contributed by atoms with E-state index in [-0.39, 0.29) is 0 Å². The van der Waals surface area contributed by atoms with Gasteiger partial charge in [-0.25, -0.2) is 14.8 Å². The van der Waals surface area contributed by atoms with Gasteiger partial charge in [0.2, 0.25) is 0 Å². The summed E-state index contributed by atoms with van der Waals surface area (Å²) >= 11 is 0. The fourth-order valence-corrected chi connectivity index (χ4v) is 1.14. The quantitative estimate of drug-likeness (QED) is 0.579. The third-order valence-electron chi connectivity index (χ3n) is 1.77. The van der Waals surface area contributed by atoms with Crippen LogP contribution in [-0.4, -0.2) is 36.7 Å². The number of rotatable bonds is 4. The van der Waals surface area contributed by atoms with Crippen LogP contribution < -0.4 is 11.2 Å². The molecule has 88 valence electrons. The molecule has 0 amide bonds. The highest BCUT2D eigenvalue weighted by Crippen LogP contribution is 2.16. The molecule has 1 aromatic rings. The zero-order chi connectivity index (χ0) is 12.1. The number of ether oxygens (including phenoxy) is 1. The highest BCUT2D eigenvalue weighted by molar-refractivity contribution is 5.95. The lowest BCUT2D eigenvalue weighted by atomic mass is 10.2. The van der Waals surface area contributed by atoms with Crippen molar-refractivity contribution in [2.75, 3.05) is 31.9 Å². The molecule has 0 saturated carbocycles. The van der Waals surface area contributed by atoms with E-state index < -0.39 is 5.97 Å². The maximum Gasteiger partial charge on any atom is 0.340 e. The molecule has 3 N–H and O–H groups in total. The minimum atomic E-state index is -0.441. The van der Waals surface area contributed by atoms with Crippen LogP contribution in [0, 0.1) is 0 Å². The minimum absolute atomic E-state index is 0.308. The number of carbonyl (C=O) groups is 1. The summed E-state index contributed by atoms with van der Waals surface area (Å²) in [6, 6.07) is 1.56. The zero-order valence-corrected chi connectivity index (χ0v) is 9.65. The molecule has 0 aliphatic heterocycles. The predicted octanol–water partition coefficient (Wildman–Crippen LogP) is 0.729. The maximum absolute atomic E-state index is 11.5. The third kappa shape index (κ3) is 3.09. The normalized spacial score (nSPS) is 10.2. The van der Waals surface area contributed by atoms with E-state index >= 15 is 0 Å². The molecule has 1 heterocycles. The first-order chi connectivity index (χ1) is 7.54. The van der Waals surface area contributed by atoms with Gasteiger partial charge in [0.05, 0.1) is 24.1 Å². The first-order valence-electron chi connectivity index (χ1n) is 4.91. The van der Waals surface area contributed by atoms with E-state index in [4.69, 9.17) is 10.5 Å². The molecule has 0 unspecified atom stereocenters. The van der Waals surface area contributed by atoms with Crippen molar-refractivity contribution in [2.24, 2.45) is 0 Å². The van der Waals surface area contributed by atoms with Crippen LogP contribution in [0.5, 0.6) is 0 Å². The van der Waals surface area contributed by atoms with Crippen LogP contribution in [0.4, 0.5) is 11.5 Å². The van der Waals surface area contributed by atoms with E-state index in [9.17, 15) is 4.79 Å². The second kappa shape index (κ2) is 5.32. The van der Waals surface area contributed by atoms with Gasteiger partial charge in [-0.1, -0.05) is 0 Å². The number of nitrogens with two attached hydrogens (primary N) is 1. The SMILES string of the molecule is CCOC(=O)c1cc(NN(C)C)ncc1N. The van der Waals surface area contributed by atoms with Crippen molar-refractivity contribution in [2.45, 2.75) is 6.92 Å². The van der Waals surface area contributed by atoms with Gasteiger partial charge in [-0.05, 0) is 13.0 Å². The Hall–Kier alpha value is -1.82. The summed E-state index contributed by atoms with van der Waals surface area (Å²) in [4.78, 5) is 15.6. The van der Waals surface area contributed by atoms with Crippen molar-refractivity contribution in [3.8, 4) is 0 Å². The van der Waals surface area contributed by atoms with E-state index in [1.165, 1.54) is 6.20 Å². The molecule has 0 fully saturated rings. The Morgan fingerprint density at radius 1 is 1.62 bits per heavy atom. The lowest BCUT2D eigenvalue weighted by Crippen LogP contribution is -2.21. The molecule has 0 aliphatic rings. The fourth-order valence-electron chi connectivity index (χ4n) is 1.14. The number of pyridine rings is 1. The van der Waals surface area contributed by atoms with Gasteiger partial charge in [0.15, 0.2) is 0 Å². The smallest absolute Gasteiger partial charge is 0.340 e. The van der Waals surface area contributed by atoms with Gasteiger partial charge in [0.1, 0.15) is 5.82 Å². The zero-order valence-electron chi connectivity index (χ0n) is 9.65. The number of carbonyl (C=O) groups excluding carboxylic acids is 1. The molecule has 1 aromatic heterocycles. The summed E-state index contributed by atoms with van der Waals surface area (Å²) in [5.74, 6) is 0.103. The highest BCUT2D eigenvalue weighted by Gasteiger charge is 2.12. The average molecular weight is 224 g/mol. The summed E-state index contributed by atoms with van der Waals surface area (Å²) in [5.41, 5.74) is 9.20. The number of esters is 1. The van der Waals surface area contributed by atoms with Crippen LogP contribution in [0.3, 0.4) is 0 Å². The van der Waals surface area contributed by atoms with Gasteiger partial charge < -0.3 is 15.9 Å². The second-order valence-electron chi connectivity index (χ2n) is 3.38. The number of nitrogens with one attached hydrogen (secondary N) is 1. The molecular weight excluding hydrogens is 208 g/mol. The molecule has 0 spiro atoms. The lowest BCUT2D eigenvalue weighted by molar-refractivity contribution is 0.0527. The Morgan fingerprint density at radius 2 is 2.31 bits per heavy atom. The Labute approximate surface area is 94.4 Å². The van der Waals surface area contributed by atoms with Crippen molar-refractivity contribution in [1.29, 1.82) is 0 Å². The fraction of sp³-hybridized carbons (Fsp3) is 0.400. The predicted molar refractivity (Wildman–Crippen MR) is 61.9 cm³/mol. The number of nitrogen functional groups attached to an aromatic ring is 1. The van der Waals surface area contributed by atoms with Gasteiger partial charge >= 0.3 is 5.97 Å². The number of aromatic nitrogens is 1. The summed E-state index contributed by atoms with van der Waals surface area (Å²) < 4.78 is 4.88. The molecular formula is C10H16N4O2. The molecule has 0 aliphatic carbocycles. The monoisotopic (exact) mass is 224 g/mol. The first-order valence-corrected chi connectivity index (χ1v) is 4.91. The standard InChI is InChI=1S/C10H16N4O2/c1-4-16-10(15)7-5-9(13-14(2)3)12-6-8(7)11/h5-6H,4,11H2,1-3H3,(H,12,13). The molecule has 0 aromatic carbocycles. The van der Waals surface area contributed by atoms with Crippen LogP contribution in [-0.2, 0) is 4.74 Å². The van der Waals surface area contributed by atoms with Crippen LogP contribution in [0.2, 0.25) is 0 Å². The lowest BCUT2D eigenvalue weighted by Gasteiger charge is -2.13. The van der Waals surface area contributed by atoms with Gasteiger partial charge in [-0.3, -0.25) is 0 Å². The maximum atomic E-state index is 11.5. The largest absolute Gasteiger partial charge is 0.462 e. The molecule has 16 heavy (non-hydrogen) atoms. The van der Waals surface area contributed by atoms with Crippen LogP contribution in [0.1, 0.15) is 17.3 Å². The molecule has 0 bridgehead atoms. The van der Waals surface area contributed by atoms with Crippen molar-refractivity contribution >= 4 is 17.5 Å². The molecule has 0 atom stereocenters. The Bertz CT molecular complexity index is 379. The van der Waals surface area contributed by atoms with Gasteiger partial charge in [0.25, 0.3) is 0 Å². The summed E-state index contributed by atoms with van der Waals surface area (Å²) in [7, 11) is 3.64. The van der Waals surface area contributed by atoms with Crippen LogP contribution in [0.15, 0.2) is 12.3 Å². The van der Waals surface area contributed by atoms with Gasteiger partial charge in [0, 0.05) is 14.1 Å². The van der Waals surface area contributed by atoms with Gasteiger partial charge in [-0.15, -0.1) is 0 Å². The molecule has 0 radical (unpaired) electrons. The van der Waals surface area contributed by atoms with Gasteiger partial charge in [-0.2, -0.15) is 0 Å². The molecule has 0 saturated heterocycles. The number of hydrogen-bond acceptors (Lipinski definition) is 6. The van der Waals surface area contributed by atoms with Crippen molar-refractivity contribution in [3.63, 3.8) is 0 Å². The number of nitrogens with zero attached hydrogens (tertiary/aromatic N) is 2. The Kier molecular flexibility index (Phi) is 4.07. The van der Waals surface area contributed by atoms with E-state index in [1.54, 1.807) is 18.0 Å². The third-order valence-corrected chi connectivity index (χ3v) is 1.77. The van der Waals surface area contributed by atoms with Crippen molar-refractivity contribution in [3.05, 3.63) is 17.8 Å². The van der Waals surface area contributed by atoms with Crippen molar-refractivity contribution in [1.82, 2.24) is 9.99 Å². The molecule has 6 heteroatoms. The minimum Gasteiger partial charge on any atom is -0.462 e. The number of hydrazine groups is 1. The topological polar surface area (TPSA) is 80.5 Å². The number of anilines is 2. The molecule has 1 rings (SSSR count). The molecule has 6 nitrogen and oxygen atoms in total. The average Bonchev–Trinajstić information content (AvgIpc) is 2.20. The van der Waals surface area contributed by atoms with E-state index in [0.717, 1.165) is 0 Å². The summed E-state index contributed by atoms with van der Waals surface area (Å²) in [5, 5.41) is 1.72. The Morgan fingerprint density at radius 3 is 2.88 bits per heavy atom. The second-order valence-corrected chi connectivity index (χ2v) is 3.38. The first kappa shape index (κ1) is 12.3. The van der Waals surface area contributed by atoms with Crippen molar-refractivity contribution < 1.29 is 9.53 Å². The van der Waals surface area contributed by atoms with E-state index in [1.807, 2.05) is 14.1 Å². The van der Waals surface area contributed by atoms with Crippen LogP contribution in [0.25, 0.3) is 0 Å². The van der Waals surface area contributed by atoms with Crippen LogP contribution >= 0.6 is 0 Å².